The summed E-state index contributed by atoms with van der Waals surface area (Å²) >= 11 is 0. The first kappa shape index (κ1) is 19.7. The Balaban J connectivity index is 2.59. The SMILES string of the molecule is CCNC(=NCC(=O)N(C)C)NCC(C(C)C)N1CCOCC1. The Morgan fingerprint density at radius 3 is 2.43 bits per heavy atom. The van der Waals surface area contributed by atoms with E-state index in [-0.39, 0.29) is 12.5 Å². The van der Waals surface area contributed by atoms with E-state index in [4.69, 9.17) is 4.74 Å². The van der Waals surface area contributed by atoms with E-state index in [0.29, 0.717) is 17.9 Å². The Bertz CT molecular complexity index is 379. The zero-order valence-corrected chi connectivity index (χ0v) is 15.3. The summed E-state index contributed by atoms with van der Waals surface area (Å²) in [6.45, 7) is 11.8. The van der Waals surface area contributed by atoms with Crippen LogP contribution in [0.4, 0.5) is 0 Å². The highest BCUT2D eigenvalue weighted by Crippen LogP contribution is 2.12. The van der Waals surface area contributed by atoms with Gasteiger partial charge in [-0.1, -0.05) is 13.8 Å². The molecule has 1 atom stereocenters. The summed E-state index contributed by atoms with van der Waals surface area (Å²) < 4.78 is 5.44. The number of rotatable bonds is 7. The summed E-state index contributed by atoms with van der Waals surface area (Å²) in [7, 11) is 3.48. The standard InChI is InChI=1S/C16H33N5O2/c1-6-17-16(19-12-15(22)20(4)5)18-11-14(13(2)3)21-7-9-23-10-8-21/h13-14H,6-12H2,1-5H3,(H2,17,18,19). The largest absolute Gasteiger partial charge is 0.379 e. The van der Waals surface area contributed by atoms with Gasteiger partial charge < -0.3 is 20.3 Å². The molecule has 1 saturated heterocycles. The molecule has 1 amide bonds. The minimum atomic E-state index is -0.00390. The molecule has 7 nitrogen and oxygen atoms in total. The molecule has 1 unspecified atom stereocenters. The monoisotopic (exact) mass is 327 g/mol. The normalized spacial score (nSPS) is 17.9. The minimum Gasteiger partial charge on any atom is -0.379 e. The molecule has 0 saturated carbocycles. The van der Waals surface area contributed by atoms with E-state index in [1.165, 1.54) is 0 Å². The topological polar surface area (TPSA) is 69.2 Å². The Morgan fingerprint density at radius 2 is 1.91 bits per heavy atom. The molecular formula is C16H33N5O2. The van der Waals surface area contributed by atoms with E-state index in [9.17, 15) is 4.79 Å². The number of hydrogen-bond donors (Lipinski definition) is 2. The second-order valence-corrected chi connectivity index (χ2v) is 6.32. The molecule has 134 valence electrons. The van der Waals surface area contributed by atoms with Crippen molar-refractivity contribution in [3.8, 4) is 0 Å². The van der Waals surface area contributed by atoms with Crippen molar-refractivity contribution in [3.63, 3.8) is 0 Å². The van der Waals surface area contributed by atoms with Crippen molar-refractivity contribution in [1.29, 1.82) is 0 Å². The number of guanidine groups is 1. The maximum Gasteiger partial charge on any atom is 0.243 e. The van der Waals surface area contributed by atoms with Gasteiger partial charge in [-0.25, -0.2) is 4.99 Å². The number of morpholine rings is 1. The van der Waals surface area contributed by atoms with Gasteiger partial charge in [-0.3, -0.25) is 9.69 Å². The van der Waals surface area contributed by atoms with Crippen LogP contribution in [0.25, 0.3) is 0 Å². The average molecular weight is 327 g/mol. The molecule has 1 rings (SSSR count). The Morgan fingerprint density at radius 1 is 1.26 bits per heavy atom. The summed E-state index contributed by atoms with van der Waals surface area (Å²) in [4.78, 5) is 20.1. The third kappa shape index (κ3) is 7.18. The fraction of sp³-hybridized carbons (Fsp3) is 0.875. The Hall–Kier alpha value is -1.34. The molecule has 23 heavy (non-hydrogen) atoms. The van der Waals surface area contributed by atoms with Crippen LogP contribution in [-0.2, 0) is 9.53 Å². The van der Waals surface area contributed by atoms with Gasteiger partial charge in [0.15, 0.2) is 5.96 Å². The van der Waals surface area contributed by atoms with Gasteiger partial charge in [0.25, 0.3) is 0 Å². The Kier molecular flexibility index (Phi) is 8.94. The van der Waals surface area contributed by atoms with Crippen LogP contribution >= 0.6 is 0 Å². The molecule has 1 aliphatic rings. The molecule has 7 heteroatoms. The van der Waals surface area contributed by atoms with E-state index in [2.05, 4.69) is 34.4 Å². The summed E-state index contributed by atoms with van der Waals surface area (Å²) in [6, 6.07) is 0.423. The lowest BCUT2D eigenvalue weighted by molar-refractivity contribution is -0.127. The van der Waals surface area contributed by atoms with E-state index in [1.807, 2.05) is 6.92 Å². The van der Waals surface area contributed by atoms with Crippen LogP contribution in [0.3, 0.4) is 0 Å². The lowest BCUT2D eigenvalue weighted by Crippen LogP contribution is -2.52. The molecule has 0 bridgehead atoms. The molecule has 0 aromatic heterocycles. The number of hydrogen-bond acceptors (Lipinski definition) is 4. The predicted octanol–water partition coefficient (Wildman–Crippen LogP) is -0.0135. The molecule has 0 radical (unpaired) electrons. The van der Waals surface area contributed by atoms with E-state index in [1.54, 1.807) is 19.0 Å². The van der Waals surface area contributed by atoms with E-state index < -0.39 is 0 Å². The van der Waals surface area contributed by atoms with Crippen LogP contribution in [0.15, 0.2) is 4.99 Å². The van der Waals surface area contributed by atoms with Crippen LogP contribution in [0.2, 0.25) is 0 Å². The zero-order chi connectivity index (χ0) is 17.2. The highest BCUT2D eigenvalue weighted by atomic mass is 16.5. The minimum absolute atomic E-state index is 0.00390. The third-order valence-electron chi connectivity index (χ3n) is 3.98. The highest BCUT2D eigenvalue weighted by Gasteiger charge is 2.23. The number of nitrogens with zero attached hydrogens (tertiary/aromatic N) is 3. The van der Waals surface area contributed by atoms with Gasteiger partial charge in [-0.15, -0.1) is 0 Å². The smallest absolute Gasteiger partial charge is 0.243 e. The first-order valence-electron chi connectivity index (χ1n) is 8.49. The lowest BCUT2D eigenvalue weighted by atomic mass is 10.0. The molecule has 1 aliphatic heterocycles. The fourth-order valence-corrected chi connectivity index (χ4v) is 2.53. The van der Waals surface area contributed by atoms with Gasteiger partial charge in [-0.05, 0) is 12.8 Å². The molecule has 0 aromatic rings. The van der Waals surface area contributed by atoms with Crippen molar-refractivity contribution in [2.45, 2.75) is 26.8 Å². The highest BCUT2D eigenvalue weighted by molar-refractivity contribution is 5.84. The second-order valence-electron chi connectivity index (χ2n) is 6.32. The van der Waals surface area contributed by atoms with Gasteiger partial charge >= 0.3 is 0 Å². The summed E-state index contributed by atoms with van der Waals surface area (Å²) in [5, 5.41) is 6.58. The number of nitrogens with one attached hydrogen (secondary N) is 2. The average Bonchev–Trinajstić information content (AvgIpc) is 2.52. The van der Waals surface area contributed by atoms with Crippen LogP contribution in [0, 0.1) is 5.92 Å². The predicted molar refractivity (Wildman–Crippen MR) is 93.7 cm³/mol. The molecule has 0 spiro atoms. The van der Waals surface area contributed by atoms with Crippen molar-refractivity contribution in [2.24, 2.45) is 10.9 Å². The molecule has 1 heterocycles. The van der Waals surface area contributed by atoms with E-state index in [0.717, 1.165) is 39.4 Å². The van der Waals surface area contributed by atoms with Crippen molar-refractivity contribution in [3.05, 3.63) is 0 Å². The number of ether oxygens (including phenoxy) is 1. The number of carbonyl (C=O) groups is 1. The number of carbonyl (C=O) groups excluding carboxylic acids is 1. The molecule has 1 fully saturated rings. The maximum absolute atomic E-state index is 11.7. The van der Waals surface area contributed by atoms with Crippen LogP contribution in [-0.4, -0.2) is 87.7 Å². The zero-order valence-electron chi connectivity index (χ0n) is 15.3. The van der Waals surface area contributed by atoms with Crippen LogP contribution in [0.5, 0.6) is 0 Å². The third-order valence-corrected chi connectivity index (χ3v) is 3.98. The van der Waals surface area contributed by atoms with E-state index >= 15 is 0 Å². The summed E-state index contributed by atoms with van der Waals surface area (Å²) in [5.74, 6) is 1.23. The first-order valence-corrected chi connectivity index (χ1v) is 8.49. The number of aliphatic imine (C=N–C) groups is 1. The van der Waals surface area contributed by atoms with Crippen molar-refractivity contribution in [2.75, 3.05) is 60.0 Å². The molecule has 0 aliphatic carbocycles. The lowest BCUT2D eigenvalue weighted by Gasteiger charge is -2.37. The van der Waals surface area contributed by atoms with Gasteiger partial charge in [0.1, 0.15) is 6.54 Å². The quantitative estimate of drug-likeness (QED) is 0.508. The molecule has 2 N–H and O–H groups in total. The second kappa shape index (κ2) is 10.4. The first-order chi connectivity index (χ1) is 11.0. The molecule has 0 aromatic carbocycles. The Labute approximate surface area is 140 Å². The van der Waals surface area contributed by atoms with Crippen molar-refractivity contribution in [1.82, 2.24) is 20.4 Å². The molecular weight excluding hydrogens is 294 g/mol. The van der Waals surface area contributed by atoms with Crippen LogP contribution < -0.4 is 10.6 Å². The van der Waals surface area contributed by atoms with Gasteiger partial charge in [-0.2, -0.15) is 0 Å². The fourth-order valence-electron chi connectivity index (χ4n) is 2.53. The van der Waals surface area contributed by atoms with Gasteiger partial charge in [0.2, 0.25) is 5.91 Å². The number of amides is 1. The summed E-state index contributed by atoms with van der Waals surface area (Å²) in [6.07, 6.45) is 0. The van der Waals surface area contributed by atoms with Crippen molar-refractivity contribution < 1.29 is 9.53 Å². The summed E-state index contributed by atoms with van der Waals surface area (Å²) in [5.41, 5.74) is 0. The number of likely N-dealkylation sites (N-methyl/N-ethyl adjacent to an activating group) is 1. The van der Waals surface area contributed by atoms with Gasteiger partial charge in [0, 0.05) is 46.3 Å². The maximum atomic E-state index is 11.7. The van der Waals surface area contributed by atoms with Crippen molar-refractivity contribution >= 4 is 11.9 Å². The van der Waals surface area contributed by atoms with Gasteiger partial charge in [0.05, 0.1) is 13.2 Å². The van der Waals surface area contributed by atoms with Crippen LogP contribution in [0.1, 0.15) is 20.8 Å².